The molecule has 1 aliphatic rings. The Morgan fingerprint density at radius 3 is 2.71 bits per heavy atom. The number of aliphatic hydroxyl groups excluding tert-OH is 1. The minimum absolute atomic E-state index is 0.307. The molecule has 1 saturated carbocycles. The van der Waals surface area contributed by atoms with Gasteiger partial charge in [-0.15, -0.1) is 0 Å². The van der Waals surface area contributed by atoms with Crippen molar-refractivity contribution in [3.63, 3.8) is 0 Å². The molecule has 0 aromatic heterocycles. The molecule has 0 saturated heterocycles. The van der Waals surface area contributed by atoms with Crippen LogP contribution < -0.4 is 0 Å². The molecular formula is C12H11NO. The second kappa shape index (κ2) is 3.19. The van der Waals surface area contributed by atoms with Gasteiger partial charge < -0.3 is 5.11 Å². The molecule has 1 N–H and O–H groups in total. The highest BCUT2D eigenvalue weighted by atomic mass is 16.3. The molecule has 1 fully saturated rings. The van der Waals surface area contributed by atoms with E-state index in [1.807, 2.05) is 19.1 Å². The molecule has 2 rings (SSSR count). The van der Waals surface area contributed by atoms with Crippen molar-refractivity contribution in [1.82, 2.24) is 0 Å². The summed E-state index contributed by atoms with van der Waals surface area (Å²) in [5.41, 5.74) is 3.33. The number of rotatable bonds is 1. The zero-order valence-electron chi connectivity index (χ0n) is 8.04. The Balaban J connectivity index is 2.54. The van der Waals surface area contributed by atoms with Crippen molar-refractivity contribution >= 4 is 5.76 Å². The summed E-state index contributed by atoms with van der Waals surface area (Å²) < 4.78 is 0. The Kier molecular flexibility index (Phi) is 2.01. The van der Waals surface area contributed by atoms with Gasteiger partial charge in [-0.05, 0) is 43.0 Å². The maximum Gasteiger partial charge on any atom is 0.123 e. The Morgan fingerprint density at radius 2 is 2.14 bits per heavy atom. The molecule has 1 aliphatic carbocycles. The number of benzene rings is 1. The van der Waals surface area contributed by atoms with E-state index < -0.39 is 0 Å². The van der Waals surface area contributed by atoms with E-state index in [0.29, 0.717) is 16.9 Å². The predicted octanol–water partition coefficient (Wildman–Crippen LogP) is 2.93. The zero-order valence-corrected chi connectivity index (χ0v) is 8.04. The topological polar surface area (TPSA) is 44.0 Å². The van der Waals surface area contributed by atoms with Crippen LogP contribution in [-0.4, -0.2) is 5.11 Å². The first-order valence-corrected chi connectivity index (χ1v) is 4.64. The molecular weight excluding hydrogens is 174 g/mol. The number of hydrogen-bond acceptors (Lipinski definition) is 2. The number of nitriles is 1. The van der Waals surface area contributed by atoms with Gasteiger partial charge in [-0.1, -0.05) is 6.07 Å². The smallest absolute Gasteiger partial charge is 0.123 e. The summed E-state index contributed by atoms with van der Waals surface area (Å²) in [7, 11) is 0. The molecule has 0 atom stereocenters. The van der Waals surface area contributed by atoms with Gasteiger partial charge in [0.25, 0.3) is 0 Å². The number of nitrogens with zero attached hydrogens (tertiary/aromatic N) is 1. The maximum absolute atomic E-state index is 9.79. The summed E-state index contributed by atoms with van der Waals surface area (Å²) in [4.78, 5) is 0. The quantitative estimate of drug-likeness (QED) is 0.683. The van der Waals surface area contributed by atoms with Crippen molar-refractivity contribution in [3.05, 3.63) is 40.5 Å². The van der Waals surface area contributed by atoms with Crippen molar-refractivity contribution in [1.29, 1.82) is 5.26 Å². The molecule has 0 spiro atoms. The van der Waals surface area contributed by atoms with E-state index in [1.165, 1.54) is 0 Å². The molecule has 0 radical (unpaired) electrons. The van der Waals surface area contributed by atoms with Gasteiger partial charge in [-0.2, -0.15) is 5.26 Å². The van der Waals surface area contributed by atoms with Gasteiger partial charge >= 0.3 is 0 Å². The summed E-state index contributed by atoms with van der Waals surface area (Å²) >= 11 is 0. The lowest BCUT2D eigenvalue weighted by Crippen LogP contribution is -1.90. The molecule has 0 unspecified atom stereocenters. The van der Waals surface area contributed by atoms with E-state index in [2.05, 4.69) is 6.07 Å². The maximum atomic E-state index is 9.79. The number of aryl methyl sites for hydroxylation is 1. The van der Waals surface area contributed by atoms with E-state index in [9.17, 15) is 5.11 Å². The van der Waals surface area contributed by atoms with E-state index >= 15 is 0 Å². The van der Waals surface area contributed by atoms with Crippen molar-refractivity contribution < 1.29 is 5.11 Å². The third kappa shape index (κ3) is 1.49. The second-order valence-electron chi connectivity index (χ2n) is 3.61. The minimum Gasteiger partial charge on any atom is -0.507 e. The van der Waals surface area contributed by atoms with Crippen LogP contribution >= 0.6 is 0 Å². The monoisotopic (exact) mass is 185 g/mol. The SMILES string of the molecule is Cc1ccc(C(O)=C2CC2)c(C#N)c1. The van der Waals surface area contributed by atoms with Crippen LogP contribution in [0.2, 0.25) is 0 Å². The second-order valence-corrected chi connectivity index (χ2v) is 3.61. The first-order chi connectivity index (χ1) is 6.72. The van der Waals surface area contributed by atoms with E-state index in [4.69, 9.17) is 5.26 Å². The van der Waals surface area contributed by atoms with Crippen LogP contribution in [0.25, 0.3) is 5.76 Å². The fourth-order valence-electron chi connectivity index (χ4n) is 1.45. The van der Waals surface area contributed by atoms with Gasteiger partial charge in [0, 0.05) is 5.56 Å². The van der Waals surface area contributed by atoms with Gasteiger partial charge in [0.15, 0.2) is 0 Å². The standard InChI is InChI=1S/C12H11NO/c1-8-2-5-11(10(6-8)7-13)12(14)9-3-4-9/h2,5-6,14H,3-4H2,1H3. The number of hydrogen-bond donors (Lipinski definition) is 1. The summed E-state index contributed by atoms with van der Waals surface area (Å²) in [5, 5.41) is 18.7. The number of aliphatic hydroxyl groups is 1. The zero-order chi connectivity index (χ0) is 10.1. The first-order valence-electron chi connectivity index (χ1n) is 4.64. The van der Waals surface area contributed by atoms with Crippen molar-refractivity contribution in [2.75, 3.05) is 0 Å². The fourth-order valence-corrected chi connectivity index (χ4v) is 1.45. The van der Waals surface area contributed by atoms with Crippen LogP contribution in [0, 0.1) is 18.3 Å². The van der Waals surface area contributed by atoms with Crippen LogP contribution in [0.4, 0.5) is 0 Å². The van der Waals surface area contributed by atoms with Crippen LogP contribution in [0.5, 0.6) is 0 Å². The Morgan fingerprint density at radius 1 is 1.43 bits per heavy atom. The number of allylic oxidation sites excluding steroid dienone is 1. The van der Waals surface area contributed by atoms with Gasteiger partial charge in [0.05, 0.1) is 11.6 Å². The van der Waals surface area contributed by atoms with Gasteiger partial charge in [0.1, 0.15) is 5.76 Å². The molecule has 1 aromatic rings. The van der Waals surface area contributed by atoms with Crippen molar-refractivity contribution in [2.24, 2.45) is 0 Å². The molecule has 0 amide bonds. The molecule has 1 aromatic carbocycles. The lowest BCUT2D eigenvalue weighted by molar-refractivity contribution is 0.509. The van der Waals surface area contributed by atoms with Crippen molar-refractivity contribution in [3.8, 4) is 6.07 Å². The Hall–Kier alpha value is -1.75. The highest BCUT2D eigenvalue weighted by Gasteiger charge is 2.20. The molecule has 0 bridgehead atoms. The lowest BCUT2D eigenvalue weighted by Gasteiger charge is -2.03. The molecule has 0 heterocycles. The van der Waals surface area contributed by atoms with E-state index in [1.54, 1.807) is 6.07 Å². The normalized spacial score (nSPS) is 13.6. The third-order valence-corrected chi connectivity index (χ3v) is 2.39. The molecule has 70 valence electrons. The highest BCUT2D eigenvalue weighted by molar-refractivity contribution is 5.70. The van der Waals surface area contributed by atoms with Gasteiger partial charge in [-0.25, -0.2) is 0 Å². The predicted molar refractivity (Wildman–Crippen MR) is 54.7 cm³/mol. The summed E-state index contributed by atoms with van der Waals surface area (Å²) in [6.45, 7) is 1.94. The average Bonchev–Trinajstić information content (AvgIpc) is 3.00. The average molecular weight is 185 g/mol. The third-order valence-electron chi connectivity index (χ3n) is 2.39. The van der Waals surface area contributed by atoms with E-state index in [0.717, 1.165) is 24.0 Å². The van der Waals surface area contributed by atoms with Crippen LogP contribution in [-0.2, 0) is 0 Å². The summed E-state index contributed by atoms with van der Waals surface area (Å²) in [6.07, 6.45) is 1.93. The first kappa shape index (κ1) is 8.83. The fraction of sp³-hybridized carbons (Fsp3) is 0.250. The molecule has 0 aliphatic heterocycles. The molecule has 14 heavy (non-hydrogen) atoms. The summed E-state index contributed by atoms with van der Waals surface area (Å²) in [5.74, 6) is 0.307. The van der Waals surface area contributed by atoms with Crippen molar-refractivity contribution in [2.45, 2.75) is 19.8 Å². The minimum atomic E-state index is 0.307. The summed E-state index contributed by atoms with van der Waals surface area (Å²) in [6, 6.07) is 7.63. The molecule has 2 heteroatoms. The largest absolute Gasteiger partial charge is 0.507 e. The van der Waals surface area contributed by atoms with E-state index in [-0.39, 0.29) is 0 Å². The van der Waals surface area contributed by atoms with Gasteiger partial charge in [0.2, 0.25) is 0 Å². The highest BCUT2D eigenvalue weighted by Crippen LogP contribution is 2.35. The molecule has 2 nitrogen and oxygen atoms in total. The lowest BCUT2D eigenvalue weighted by atomic mass is 10.0. The van der Waals surface area contributed by atoms with Crippen LogP contribution in [0.1, 0.15) is 29.5 Å². The van der Waals surface area contributed by atoms with Gasteiger partial charge in [-0.3, -0.25) is 0 Å². The Labute approximate surface area is 83.1 Å². The Bertz CT molecular complexity index is 446. The van der Waals surface area contributed by atoms with Crippen LogP contribution in [0.15, 0.2) is 23.8 Å². The van der Waals surface area contributed by atoms with Crippen LogP contribution in [0.3, 0.4) is 0 Å².